The van der Waals surface area contributed by atoms with Gasteiger partial charge in [0.1, 0.15) is 11.6 Å². The van der Waals surface area contributed by atoms with E-state index >= 15 is 0 Å². The number of carbonyl (C=O) groups excluding carboxylic acids is 1. The highest BCUT2D eigenvalue weighted by molar-refractivity contribution is 5.90. The molecule has 7 rings (SSSR count). The molecule has 0 radical (unpaired) electrons. The smallest absolute Gasteiger partial charge is 0.339 e. The zero-order valence-corrected chi connectivity index (χ0v) is 22.3. The Morgan fingerprint density at radius 1 is 1.05 bits per heavy atom. The monoisotopic (exact) mass is 539 g/mol. The predicted molar refractivity (Wildman–Crippen MR) is 140 cm³/mol. The molecular formula is C29H34FN3O6. The lowest BCUT2D eigenvalue weighted by Gasteiger charge is -2.60. The highest BCUT2D eigenvalue weighted by Crippen LogP contribution is 2.60. The molecule has 5 fully saturated rings. The normalized spacial score (nSPS) is 37.1. The van der Waals surface area contributed by atoms with Crippen LogP contribution in [0.2, 0.25) is 0 Å². The zero-order valence-electron chi connectivity index (χ0n) is 22.3. The number of hydrogen-bond donors (Lipinski definition) is 2. The van der Waals surface area contributed by atoms with Gasteiger partial charge in [-0.15, -0.1) is 0 Å². The molecule has 39 heavy (non-hydrogen) atoms. The van der Waals surface area contributed by atoms with Crippen molar-refractivity contribution < 1.29 is 33.2 Å². The van der Waals surface area contributed by atoms with Crippen LogP contribution in [0, 0.1) is 29.5 Å². The van der Waals surface area contributed by atoms with E-state index in [1.807, 2.05) is 31.2 Å². The van der Waals surface area contributed by atoms with Crippen molar-refractivity contribution in [2.24, 2.45) is 28.8 Å². The van der Waals surface area contributed by atoms with Crippen molar-refractivity contribution in [2.75, 3.05) is 5.32 Å². The van der Waals surface area contributed by atoms with Crippen LogP contribution in [0.15, 0.2) is 53.6 Å². The molecule has 8 atom stereocenters. The summed E-state index contributed by atoms with van der Waals surface area (Å²) in [5, 5.41) is 6.54. The Morgan fingerprint density at radius 3 is 2.59 bits per heavy atom. The number of fused-ring (bicyclic) bond motifs is 2. The minimum Gasteiger partial charge on any atom is -0.465 e. The summed E-state index contributed by atoms with van der Waals surface area (Å²) in [4.78, 5) is 24.1. The van der Waals surface area contributed by atoms with Gasteiger partial charge in [-0.25, -0.2) is 24.4 Å². The van der Waals surface area contributed by atoms with Crippen LogP contribution in [-0.4, -0.2) is 36.2 Å². The second kappa shape index (κ2) is 10.2. The Balaban J connectivity index is 1.09. The number of amides is 2. The summed E-state index contributed by atoms with van der Waals surface area (Å²) in [6, 6.07) is 12.3. The van der Waals surface area contributed by atoms with Gasteiger partial charge in [-0.3, -0.25) is 0 Å². The van der Waals surface area contributed by atoms with Gasteiger partial charge in [-0.2, -0.15) is 5.10 Å². The lowest BCUT2D eigenvalue weighted by atomic mass is 9.58. The Hall–Kier alpha value is -3.05. The molecule has 4 saturated heterocycles. The van der Waals surface area contributed by atoms with E-state index in [1.165, 1.54) is 30.5 Å². The van der Waals surface area contributed by atoms with Gasteiger partial charge in [0.15, 0.2) is 11.9 Å². The van der Waals surface area contributed by atoms with Crippen LogP contribution in [0.4, 0.5) is 14.9 Å². The number of rotatable bonds is 5. The van der Waals surface area contributed by atoms with Crippen molar-refractivity contribution in [1.82, 2.24) is 5.43 Å². The van der Waals surface area contributed by atoms with Crippen molar-refractivity contribution in [2.45, 2.75) is 70.4 Å². The third-order valence-electron chi connectivity index (χ3n) is 8.71. The van der Waals surface area contributed by atoms with Crippen molar-refractivity contribution in [3.8, 4) is 5.75 Å². The van der Waals surface area contributed by atoms with Gasteiger partial charge in [-0.1, -0.05) is 13.8 Å². The van der Waals surface area contributed by atoms with E-state index in [0.29, 0.717) is 23.3 Å². The summed E-state index contributed by atoms with van der Waals surface area (Å²) in [5.74, 6) is 0.513. The van der Waals surface area contributed by atoms with E-state index in [9.17, 15) is 9.18 Å². The van der Waals surface area contributed by atoms with Gasteiger partial charge in [0.05, 0.1) is 6.21 Å². The quantitative estimate of drug-likeness (QED) is 0.293. The molecule has 1 spiro atoms. The third-order valence-corrected chi connectivity index (χ3v) is 8.71. The summed E-state index contributed by atoms with van der Waals surface area (Å²) in [7, 11) is 0. The number of hydrazone groups is 1. The van der Waals surface area contributed by atoms with E-state index in [-0.39, 0.29) is 17.7 Å². The molecule has 2 N–H and O–H groups in total. The van der Waals surface area contributed by atoms with Crippen LogP contribution >= 0.6 is 0 Å². The number of urea groups is 1. The molecule has 10 heteroatoms. The van der Waals surface area contributed by atoms with E-state index in [2.05, 4.69) is 29.7 Å². The maximum atomic E-state index is 13.0. The first kappa shape index (κ1) is 26.2. The number of benzene rings is 2. The SMILES string of the molecule is C[C@H]1[C@@H](Oc2ccc(/C=N/NC(=O)Nc3ccc(F)cc3)cc2)OC2O[C@]3(C)CC[C@H]4[C@H](C)CC[C@@H]1[C@@]24OO3. The number of nitrogens with one attached hydrogen (secondary N) is 2. The first-order valence-corrected chi connectivity index (χ1v) is 13.6. The maximum absolute atomic E-state index is 13.0. The summed E-state index contributed by atoms with van der Waals surface area (Å²) in [6.07, 6.45) is 4.35. The minimum atomic E-state index is -0.826. The Kier molecular flexibility index (Phi) is 6.83. The molecule has 2 aromatic rings. The molecule has 5 aliphatic rings. The highest BCUT2D eigenvalue weighted by atomic mass is 19.1. The summed E-state index contributed by atoms with van der Waals surface area (Å²) in [5.41, 5.74) is 3.00. The lowest BCUT2D eigenvalue weighted by molar-refractivity contribution is -0.575. The van der Waals surface area contributed by atoms with Gasteiger partial charge >= 0.3 is 6.03 Å². The molecule has 1 saturated carbocycles. The number of hydrogen-bond acceptors (Lipinski definition) is 7. The number of ether oxygens (including phenoxy) is 3. The van der Waals surface area contributed by atoms with Crippen molar-refractivity contribution >= 4 is 17.9 Å². The van der Waals surface area contributed by atoms with Crippen molar-refractivity contribution in [1.29, 1.82) is 0 Å². The molecule has 2 amide bonds. The molecule has 208 valence electrons. The fourth-order valence-electron chi connectivity index (χ4n) is 6.63. The summed E-state index contributed by atoms with van der Waals surface area (Å²) in [6.45, 7) is 6.36. The molecule has 2 aromatic carbocycles. The fraction of sp³-hybridized carbons (Fsp3) is 0.517. The van der Waals surface area contributed by atoms with E-state index in [1.54, 1.807) is 0 Å². The largest absolute Gasteiger partial charge is 0.465 e. The van der Waals surface area contributed by atoms with Crippen LogP contribution in [0.25, 0.3) is 0 Å². The van der Waals surface area contributed by atoms with Crippen molar-refractivity contribution in [3.05, 3.63) is 59.9 Å². The number of anilines is 1. The van der Waals surface area contributed by atoms with Crippen LogP contribution < -0.4 is 15.5 Å². The second-order valence-corrected chi connectivity index (χ2v) is 11.3. The topological polar surface area (TPSA) is 99.6 Å². The molecule has 4 aliphatic heterocycles. The highest BCUT2D eigenvalue weighted by Gasteiger charge is 2.69. The predicted octanol–water partition coefficient (Wildman–Crippen LogP) is 5.57. The molecule has 0 aromatic heterocycles. The zero-order chi connectivity index (χ0) is 27.2. The van der Waals surface area contributed by atoms with Gasteiger partial charge in [0.25, 0.3) is 0 Å². The standard InChI is InChI=1S/C29H34FN3O6/c1-17-4-13-24-18(2)25(36-26-29(24)23(17)14-15-28(3,37-26)38-39-29)35-22-11-5-19(6-12-22)16-31-33-27(34)32-21-9-7-20(30)8-10-21/h5-12,16-18,23-26H,4,13-15H2,1-3H3,(H2,32,33,34)/b31-16+/t17-,18-,23+,24+,25+,26?,28+,29-/m1/s1. The van der Waals surface area contributed by atoms with Gasteiger partial charge < -0.3 is 19.5 Å². The molecule has 1 unspecified atom stereocenters. The van der Waals surface area contributed by atoms with E-state index in [0.717, 1.165) is 31.2 Å². The van der Waals surface area contributed by atoms with E-state index in [4.69, 9.17) is 24.0 Å². The Morgan fingerprint density at radius 2 is 1.82 bits per heavy atom. The van der Waals surface area contributed by atoms with Crippen LogP contribution in [0.5, 0.6) is 5.75 Å². The van der Waals surface area contributed by atoms with Gasteiger partial charge in [0, 0.05) is 23.9 Å². The van der Waals surface area contributed by atoms with Crippen LogP contribution in [-0.2, 0) is 19.2 Å². The number of halogens is 1. The second-order valence-electron chi connectivity index (χ2n) is 11.3. The first-order chi connectivity index (χ1) is 18.8. The van der Waals surface area contributed by atoms with E-state index < -0.39 is 30.0 Å². The van der Waals surface area contributed by atoms with Crippen LogP contribution in [0.1, 0.15) is 52.0 Å². The summed E-state index contributed by atoms with van der Waals surface area (Å²) >= 11 is 0. The minimum absolute atomic E-state index is 0.0657. The number of nitrogens with zero attached hydrogens (tertiary/aromatic N) is 1. The molecule has 9 nitrogen and oxygen atoms in total. The first-order valence-electron chi connectivity index (χ1n) is 13.6. The Bertz CT molecular complexity index is 1230. The fourth-order valence-corrected chi connectivity index (χ4v) is 6.63. The maximum Gasteiger partial charge on any atom is 0.339 e. The molecular weight excluding hydrogens is 505 g/mol. The average molecular weight is 540 g/mol. The third kappa shape index (κ3) is 4.91. The molecule has 1 aliphatic carbocycles. The number of carbonyl (C=O) groups is 1. The van der Waals surface area contributed by atoms with Gasteiger partial charge in [0.2, 0.25) is 12.1 Å². The Labute approximate surface area is 226 Å². The lowest BCUT2D eigenvalue weighted by Crippen LogP contribution is -2.70. The molecule has 2 bridgehead atoms. The van der Waals surface area contributed by atoms with Crippen LogP contribution in [0.3, 0.4) is 0 Å². The molecule has 4 heterocycles. The van der Waals surface area contributed by atoms with Gasteiger partial charge in [-0.05, 0) is 92.1 Å². The summed E-state index contributed by atoms with van der Waals surface area (Å²) < 4.78 is 32.2. The average Bonchev–Trinajstić information content (AvgIpc) is 3.15. The van der Waals surface area contributed by atoms with Crippen molar-refractivity contribution in [3.63, 3.8) is 0 Å².